The Hall–Kier alpha value is -2.40. The number of benzene rings is 2. The van der Waals surface area contributed by atoms with Gasteiger partial charge in [-0.1, -0.05) is 42.5 Å². The first-order valence-electron chi connectivity index (χ1n) is 6.44. The lowest BCUT2D eigenvalue weighted by Gasteiger charge is -2.07. The van der Waals surface area contributed by atoms with Crippen LogP contribution in [0.15, 0.2) is 42.5 Å². The van der Waals surface area contributed by atoms with Gasteiger partial charge in [0.15, 0.2) is 0 Å². The van der Waals surface area contributed by atoms with Gasteiger partial charge in [0.1, 0.15) is 10.7 Å². The Morgan fingerprint density at radius 2 is 1.81 bits per heavy atom. The fourth-order valence-corrected chi connectivity index (χ4v) is 1.96. The van der Waals surface area contributed by atoms with Gasteiger partial charge in [0.25, 0.3) is 5.91 Å². The second-order valence-corrected chi connectivity index (χ2v) is 5.18. The number of phenolic OH excluding ortho intramolecular Hbond substituents is 1. The molecule has 0 atom stereocenters. The molecule has 1 amide bonds. The molecular weight excluding hydrogens is 284 g/mol. The quantitative estimate of drug-likeness (QED) is 0.757. The number of nitrogens with one attached hydrogen (secondary N) is 1. The van der Waals surface area contributed by atoms with Gasteiger partial charge in [0.2, 0.25) is 0 Å². The summed E-state index contributed by atoms with van der Waals surface area (Å²) in [6.45, 7) is 2.17. The summed E-state index contributed by atoms with van der Waals surface area (Å²) in [4.78, 5) is 12.3. The molecule has 0 saturated carbocycles. The summed E-state index contributed by atoms with van der Waals surface area (Å²) >= 11 is 4.88. The first-order valence-corrected chi connectivity index (χ1v) is 6.85. The highest BCUT2D eigenvalue weighted by Crippen LogP contribution is 2.17. The number of aryl methyl sites for hydroxylation is 1. The molecule has 0 saturated heterocycles. The predicted octanol–water partition coefficient (Wildman–Crippen LogP) is 2.26. The van der Waals surface area contributed by atoms with Gasteiger partial charge in [0, 0.05) is 17.7 Å². The van der Waals surface area contributed by atoms with Crippen LogP contribution in [0, 0.1) is 6.92 Å². The summed E-state index contributed by atoms with van der Waals surface area (Å²) in [5.41, 5.74) is 8.43. The van der Waals surface area contributed by atoms with Crippen LogP contribution in [0.1, 0.15) is 27.0 Å². The number of nitrogens with two attached hydrogens (primary N) is 1. The molecule has 21 heavy (non-hydrogen) atoms. The molecule has 0 radical (unpaired) electrons. The zero-order valence-corrected chi connectivity index (χ0v) is 12.4. The summed E-state index contributed by atoms with van der Waals surface area (Å²) in [6, 6.07) is 12.2. The van der Waals surface area contributed by atoms with Crippen LogP contribution in [0.3, 0.4) is 0 Å². The van der Waals surface area contributed by atoms with Gasteiger partial charge in [-0.25, -0.2) is 0 Å². The summed E-state index contributed by atoms with van der Waals surface area (Å²) in [5.74, 6) is -0.118. The van der Waals surface area contributed by atoms with Crippen LogP contribution in [0.2, 0.25) is 0 Å². The molecule has 0 bridgehead atoms. The van der Waals surface area contributed by atoms with Crippen LogP contribution in [-0.4, -0.2) is 16.0 Å². The van der Waals surface area contributed by atoms with E-state index in [1.807, 2.05) is 24.3 Å². The molecule has 108 valence electrons. The van der Waals surface area contributed by atoms with Crippen LogP contribution < -0.4 is 11.1 Å². The zero-order valence-electron chi connectivity index (χ0n) is 11.6. The molecule has 0 heterocycles. The second kappa shape index (κ2) is 6.37. The number of carbonyl (C=O) groups is 1. The average molecular weight is 300 g/mol. The number of amides is 1. The van der Waals surface area contributed by atoms with E-state index >= 15 is 0 Å². The minimum Gasteiger partial charge on any atom is -0.508 e. The van der Waals surface area contributed by atoms with E-state index in [0.29, 0.717) is 17.1 Å². The molecule has 0 unspecified atom stereocenters. The number of carbonyl (C=O) groups excluding carboxylic acids is 1. The Morgan fingerprint density at radius 3 is 2.38 bits per heavy atom. The molecule has 2 aromatic rings. The van der Waals surface area contributed by atoms with Crippen LogP contribution >= 0.6 is 12.2 Å². The number of aromatic hydroxyl groups is 1. The molecule has 0 aliphatic heterocycles. The minimum atomic E-state index is -0.233. The number of thiocarbonyl (C=S) groups is 1. The smallest absolute Gasteiger partial charge is 0.251 e. The van der Waals surface area contributed by atoms with Crippen LogP contribution in [0.5, 0.6) is 5.75 Å². The van der Waals surface area contributed by atoms with Crippen LogP contribution in [0.25, 0.3) is 0 Å². The third-order valence-electron chi connectivity index (χ3n) is 3.16. The van der Waals surface area contributed by atoms with Gasteiger partial charge in [0.05, 0.1) is 0 Å². The molecule has 4 N–H and O–H groups in total. The Morgan fingerprint density at radius 1 is 1.19 bits per heavy atom. The normalized spacial score (nSPS) is 10.1. The molecule has 5 heteroatoms. The van der Waals surface area contributed by atoms with Crippen molar-refractivity contribution in [3.05, 3.63) is 64.7 Å². The van der Waals surface area contributed by atoms with Gasteiger partial charge in [-0.05, 0) is 30.2 Å². The standard InChI is InChI=1S/C16H16N2O2S/c1-10-2-5-13(8-14(10)19)16(20)18-9-11-3-6-12(7-4-11)15(17)21/h2-8,19H,9H2,1H3,(H2,17,21)(H,18,20). The lowest BCUT2D eigenvalue weighted by molar-refractivity contribution is 0.0950. The van der Waals surface area contributed by atoms with Crippen molar-refractivity contribution in [2.24, 2.45) is 5.73 Å². The maximum absolute atomic E-state index is 12.0. The largest absolute Gasteiger partial charge is 0.508 e. The first-order chi connectivity index (χ1) is 9.97. The lowest BCUT2D eigenvalue weighted by atomic mass is 10.1. The Balaban J connectivity index is 2.00. The van der Waals surface area contributed by atoms with Gasteiger partial charge in [-0.2, -0.15) is 0 Å². The average Bonchev–Trinajstić information content (AvgIpc) is 2.48. The Bertz CT molecular complexity index is 681. The van der Waals surface area contributed by atoms with E-state index in [1.54, 1.807) is 19.1 Å². The van der Waals surface area contributed by atoms with Crippen molar-refractivity contribution < 1.29 is 9.90 Å². The summed E-state index contributed by atoms with van der Waals surface area (Å²) < 4.78 is 0. The molecule has 0 aromatic heterocycles. The van der Waals surface area contributed by atoms with Gasteiger partial charge < -0.3 is 16.2 Å². The zero-order chi connectivity index (χ0) is 15.4. The van der Waals surface area contributed by atoms with E-state index in [0.717, 1.165) is 16.7 Å². The molecule has 2 aromatic carbocycles. The van der Waals surface area contributed by atoms with Crippen molar-refractivity contribution >= 4 is 23.1 Å². The molecule has 0 fully saturated rings. The molecular formula is C16H16N2O2S. The molecule has 0 aliphatic rings. The fraction of sp³-hybridized carbons (Fsp3) is 0.125. The maximum atomic E-state index is 12.0. The minimum absolute atomic E-state index is 0.114. The molecule has 4 nitrogen and oxygen atoms in total. The van der Waals surface area contributed by atoms with Gasteiger partial charge in [-0.3, -0.25) is 4.79 Å². The van der Waals surface area contributed by atoms with E-state index in [-0.39, 0.29) is 11.7 Å². The van der Waals surface area contributed by atoms with Crippen molar-refractivity contribution in [2.45, 2.75) is 13.5 Å². The van der Waals surface area contributed by atoms with E-state index in [4.69, 9.17) is 18.0 Å². The molecule has 0 aliphatic carbocycles. The third-order valence-corrected chi connectivity index (χ3v) is 3.40. The second-order valence-electron chi connectivity index (χ2n) is 4.75. The summed E-state index contributed by atoms with van der Waals surface area (Å²) in [5, 5.41) is 12.4. The Labute approximate surface area is 128 Å². The van der Waals surface area contributed by atoms with Crippen LogP contribution in [-0.2, 0) is 6.54 Å². The highest BCUT2D eigenvalue weighted by atomic mass is 32.1. The Kier molecular flexibility index (Phi) is 4.55. The number of hydrogen-bond acceptors (Lipinski definition) is 3. The fourth-order valence-electron chi connectivity index (χ4n) is 1.82. The number of rotatable bonds is 4. The number of phenols is 1. The topological polar surface area (TPSA) is 75.4 Å². The number of hydrogen-bond donors (Lipinski definition) is 3. The SMILES string of the molecule is Cc1ccc(C(=O)NCc2ccc(C(N)=S)cc2)cc1O. The van der Waals surface area contributed by atoms with Crippen molar-refractivity contribution in [3.63, 3.8) is 0 Å². The van der Waals surface area contributed by atoms with Crippen molar-refractivity contribution in [2.75, 3.05) is 0 Å². The summed E-state index contributed by atoms with van der Waals surface area (Å²) in [7, 11) is 0. The maximum Gasteiger partial charge on any atom is 0.251 e. The van der Waals surface area contributed by atoms with Gasteiger partial charge in [-0.15, -0.1) is 0 Å². The molecule has 2 rings (SSSR count). The third kappa shape index (κ3) is 3.79. The molecule has 0 spiro atoms. The summed E-state index contributed by atoms with van der Waals surface area (Å²) in [6.07, 6.45) is 0. The van der Waals surface area contributed by atoms with Crippen molar-refractivity contribution in [1.29, 1.82) is 0 Å². The predicted molar refractivity (Wildman–Crippen MR) is 86.3 cm³/mol. The van der Waals surface area contributed by atoms with Crippen LogP contribution in [0.4, 0.5) is 0 Å². The van der Waals surface area contributed by atoms with E-state index in [9.17, 15) is 9.90 Å². The van der Waals surface area contributed by atoms with Crippen molar-refractivity contribution in [3.8, 4) is 5.75 Å². The van der Waals surface area contributed by atoms with Gasteiger partial charge >= 0.3 is 0 Å². The van der Waals surface area contributed by atoms with E-state index in [2.05, 4.69) is 5.32 Å². The highest BCUT2D eigenvalue weighted by Gasteiger charge is 2.07. The first kappa shape index (κ1) is 15.0. The van der Waals surface area contributed by atoms with Crippen molar-refractivity contribution in [1.82, 2.24) is 5.32 Å². The van der Waals surface area contributed by atoms with E-state index < -0.39 is 0 Å². The monoisotopic (exact) mass is 300 g/mol. The lowest BCUT2D eigenvalue weighted by Crippen LogP contribution is -2.22. The van der Waals surface area contributed by atoms with E-state index in [1.165, 1.54) is 6.07 Å². The highest BCUT2D eigenvalue weighted by molar-refractivity contribution is 7.80.